The van der Waals surface area contributed by atoms with Gasteiger partial charge in [0, 0.05) is 18.2 Å². The normalized spacial score (nSPS) is 11.3. The van der Waals surface area contributed by atoms with E-state index in [4.69, 9.17) is 0 Å². The molecule has 2 heterocycles. The fourth-order valence-corrected chi connectivity index (χ4v) is 3.31. The number of aryl methyl sites for hydroxylation is 1. The molecule has 0 aliphatic carbocycles. The third kappa shape index (κ3) is 2.23. The molecule has 0 bridgehead atoms. The number of hydrogen-bond acceptors (Lipinski definition) is 4. The minimum Gasteiger partial charge on any atom is -0.327 e. The van der Waals surface area contributed by atoms with Crippen LogP contribution in [-0.4, -0.2) is 19.7 Å². The van der Waals surface area contributed by atoms with Gasteiger partial charge in [-0.1, -0.05) is 60.3 Å². The molecule has 0 unspecified atom stereocenters. The molecule has 4 nitrogen and oxygen atoms in total. The zero-order chi connectivity index (χ0) is 14.9. The third-order valence-electron chi connectivity index (χ3n) is 3.70. The highest BCUT2D eigenvalue weighted by Crippen LogP contribution is 2.26. The van der Waals surface area contributed by atoms with Crippen LogP contribution in [0.4, 0.5) is 0 Å². The summed E-state index contributed by atoms with van der Waals surface area (Å²) in [6.45, 7) is 0. The van der Waals surface area contributed by atoms with E-state index in [1.165, 1.54) is 5.56 Å². The van der Waals surface area contributed by atoms with E-state index in [0.29, 0.717) is 5.16 Å². The minimum absolute atomic E-state index is 0.710. The van der Waals surface area contributed by atoms with Crippen LogP contribution in [0, 0.1) is 0 Å². The molecule has 0 aliphatic rings. The van der Waals surface area contributed by atoms with Crippen molar-refractivity contribution in [2.24, 2.45) is 7.05 Å². The topological polar surface area (TPSA) is 43.6 Å². The summed E-state index contributed by atoms with van der Waals surface area (Å²) in [6, 6.07) is 18.5. The summed E-state index contributed by atoms with van der Waals surface area (Å²) in [5.74, 6) is 0.845. The monoisotopic (exact) mass is 306 g/mol. The van der Waals surface area contributed by atoms with Crippen LogP contribution in [0.25, 0.3) is 22.1 Å². The summed E-state index contributed by atoms with van der Waals surface area (Å²) in [7, 11) is 2.02. The average molecular weight is 306 g/mol. The van der Waals surface area contributed by atoms with Crippen LogP contribution in [0.5, 0.6) is 0 Å². The Morgan fingerprint density at radius 2 is 1.73 bits per heavy atom. The molecule has 2 aromatic heterocycles. The van der Waals surface area contributed by atoms with Crippen molar-refractivity contribution >= 4 is 33.8 Å². The van der Waals surface area contributed by atoms with Gasteiger partial charge in [-0.15, -0.1) is 10.2 Å². The van der Waals surface area contributed by atoms with Gasteiger partial charge in [0.1, 0.15) is 5.52 Å². The molecule has 0 saturated carbocycles. The fraction of sp³-hybridized carbons (Fsp3) is 0.118. The lowest BCUT2D eigenvalue weighted by Gasteiger charge is -2.01. The van der Waals surface area contributed by atoms with E-state index in [-0.39, 0.29) is 0 Å². The lowest BCUT2D eigenvalue weighted by atomic mass is 10.2. The molecule has 0 saturated heterocycles. The highest BCUT2D eigenvalue weighted by atomic mass is 32.2. The second-order valence-electron chi connectivity index (χ2n) is 5.12. The van der Waals surface area contributed by atoms with E-state index in [1.54, 1.807) is 11.8 Å². The molecule has 22 heavy (non-hydrogen) atoms. The third-order valence-corrected chi connectivity index (χ3v) is 4.61. The first kappa shape index (κ1) is 13.3. The van der Waals surface area contributed by atoms with Crippen molar-refractivity contribution in [1.29, 1.82) is 0 Å². The van der Waals surface area contributed by atoms with Crippen LogP contribution < -0.4 is 0 Å². The first-order valence-electron chi connectivity index (χ1n) is 7.07. The molecule has 0 N–H and O–H groups in total. The van der Waals surface area contributed by atoms with Gasteiger partial charge < -0.3 is 4.57 Å². The number of hydrogen-bond donors (Lipinski definition) is 0. The van der Waals surface area contributed by atoms with Crippen molar-refractivity contribution < 1.29 is 0 Å². The quantitative estimate of drug-likeness (QED) is 0.540. The number of benzene rings is 2. The second kappa shape index (κ2) is 5.42. The number of aromatic nitrogens is 4. The Labute approximate surface area is 132 Å². The highest BCUT2D eigenvalue weighted by Gasteiger charge is 2.12. The van der Waals surface area contributed by atoms with Crippen molar-refractivity contribution in [2.75, 3.05) is 0 Å². The molecule has 0 amide bonds. The molecule has 0 atom stereocenters. The van der Waals surface area contributed by atoms with Crippen molar-refractivity contribution in [3.05, 3.63) is 60.2 Å². The van der Waals surface area contributed by atoms with Gasteiger partial charge in [-0.05, 0) is 11.6 Å². The van der Waals surface area contributed by atoms with Gasteiger partial charge >= 0.3 is 0 Å². The van der Waals surface area contributed by atoms with Crippen molar-refractivity contribution in [2.45, 2.75) is 10.9 Å². The van der Waals surface area contributed by atoms with Gasteiger partial charge in [-0.3, -0.25) is 0 Å². The Hall–Kier alpha value is -2.40. The summed E-state index contributed by atoms with van der Waals surface area (Å²) in [4.78, 5) is 4.68. The smallest absolute Gasteiger partial charge is 0.211 e. The first-order chi connectivity index (χ1) is 10.8. The zero-order valence-corrected chi connectivity index (χ0v) is 12.9. The maximum atomic E-state index is 4.68. The predicted molar refractivity (Wildman–Crippen MR) is 89.8 cm³/mol. The van der Waals surface area contributed by atoms with E-state index in [0.717, 1.165) is 27.8 Å². The molecule has 0 fully saturated rings. The van der Waals surface area contributed by atoms with Gasteiger partial charge in [-0.2, -0.15) is 0 Å². The Balaban J connectivity index is 1.71. The standard InChI is InChI=1S/C17H14N4S/c1-21-14-10-6-5-9-13(14)15-16(21)18-17(20-19-15)22-11-12-7-3-2-4-8-12/h2-10H,11H2,1H3. The number of thioether (sulfide) groups is 1. The van der Waals surface area contributed by atoms with E-state index in [9.17, 15) is 0 Å². The maximum Gasteiger partial charge on any atom is 0.211 e. The second-order valence-corrected chi connectivity index (χ2v) is 6.06. The minimum atomic E-state index is 0.710. The van der Waals surface area contributed by atoms with E-state index < -0.39 is 0 Å². The Bertz CT molecular complexity index is 947. The van der Waals surface area contributed by atoms with Crippen LogP contribution in [-0.2, 0) is 12.8 Å². The lowest BCUT2D eigenvalue weighted by Crippen LogP contribution is -1.95. The predicted octanol–water partition coefficient (Wildman–Crippen LogP) is 3.81. The van der Waals surface area contributed by atoms with E-state index in [1.807, 2.05) is 37.4 Å². The van der Waals surface area contributed by atoms with E-state index >= 15 is 0 Å². The van der Waals surface area contributed by atoms with E-state index in [2.05, 4.69) is 44.0 Å². The van der Waals surface area contributed by atoms with Crippen LogP contribution in [0.15, 0.2) is 59.8 Å². The lowest BCUT2D eigenvalue weighted by molar-refractivity contribution is 0.855. The molecule has 4 rings (SSSR count). The zero-order valence-electron chi connectivity index (χ0n) is 12.1. The van der Waals surface area contributed by atoms with Gasteiger partial charge in [0.05, 0.1) is 5.52 Å². The Morgan fingerprint density at radius 3 is 2.59 bits per heavy atom. The number of fused-ring (bicyclic) bond motifs is 3. The van der Waals surface area contributed by atoms with Crippen LogP contribution in [0.1, 0.15) is 5.56 Å². The summed E-state index contributed by atoms with van der Waals surface area (Å²) < 4.78 is 2.08. The Kier molecular flexibility index (Phi) is 3.27. The van der Waals surface area contributed by atoms with Crippen molar-refractivity contribution in [3.63, 3.8) is 0 Å². The largest absolute Gasteiger partial charge is 0.327 e. The highest BCUT2D eigenvalue weighted by molar-refractivity contribution is 7.98. The summed E-state index contributed by atoms with van der Waals surface area (Å²) in [5.41, 5.74) is 4.13. The number of rotatable bonds is 3. The summed E-state index contributed by atoms with van der Waals surface area (Å²) in [5, 5.41) is 10.5. The summed E-state index contributed by atoms with van der Waals surface area (Å²) in [6.07, 6.45) is 0. The van der Waals surface area contributed by atoms with Gasteiger partial charge in [0.25, 0.3) is 0 Å². The first-order valence-corrected chi connectivity index (χ1v) is 8.06. The molecule has 4 aromatic rings. The van der Waals surface area contributed by atoms with Crippen molar-refractivity contribution in [1.82, 2.24) is 19.7 Å². The molecule has 108 valence electrons. The average Bonchev–Trinajstić information content (AvgIpc) is 2.87. The fourth-order valence-electron chi connectivity index (χ4n) is 2.58. The molecular weight excluding hydrogens is 292 g/mol. The van der Waals surface area contributed by atoms with Crippen LogP contribution >= 0.6 is 11.8 Å². The SMILES string of the molecule is Cn1c2ccccc2c2nnc(SCc3ccccc3)nc21. The number of para-hydroxylation sites is 1. The van der Waals surface area contributed by atoms with Crippen LogP contribution in [0.3, 0.4) is 0 Å². The molecule has 0 aliphatic heterocycles. The molecule has 2 aromatic carbocycles. The summed E-state index contributed by atoms with van der Waals surface area (Å²) >= 11 is 1.61. The van der Waals surface area contributed by atoms with Gasteiger partial charge in [0.15, 0.2) is 5.65 Å². The van der Waals surface area contributed by atoms with Crippen LogP contribution in [0.2, 0.25) is 0 Å². The molecule has 0 radical (unpaired) electrons. The Morgan fingerprint density at radius 1 is 0.955 bits per heavy atom. The molecule has 5 heteroatoms. The maximum absolute atomic E-state index is 4.68. The number of nitrogens with zero attached hydrogens (tertiary/aromatic N) is 4. The van der Waals surface area contributed by atoms with Gasteiger partial charge in [0.2, 0.25) is 5.16 Å². The molecule has 0 spiro atoms. The van der Waals surface area contributed by atoms with Gasteiger partial charge in [-0.25, -0.2) is 4.98 Å². The molecular formula is C17H14N4S. The van der Waals surface area contributed by atoms with Crippen molar-refractivity contribution in [3.8, 4) is 0 Å².